The number of amides is 1. The fraction of sp³-hybridized carbons (Fsp3) is 0.444. The van der Waals surface area contributed by atoms with Crippen molar-refractivity contribution in [3.8, 4) is 0 Å². The van der Waals surface area contributed by atoms with Crippen molar-refractivity contribution in [3.05, 3.63) is 10.5 Å². The number of aliphatic imine (C=N–C) groups is 1. The predicted octanol–water partition coefficient (Wildman–Crippen LogP) is -0.103. The first-order valence-electron chi connectivity index (χ1n) is 4.58. The third-order valence-corrected chi connectivity index (χ3v) is 4.09. The first-order valence-corrected chi connectivity index (χ1v) is 6.30. The number of aliphatic carboxylic acids is 1. The van der Waals surface area contributed by atoms with Crippen LogP contribution in [0.15, 0.2) is 15.5 Å². The number of rotatable bonds is 3. The van der Waals surface area contributed by atoms with Gasteiger partial charge in [-0.2, -0.15) is 0 Å². The zero-order valence-electron chi connectivity index (χ0n) is 8.56. The van der Waals surface area contributed by atoms with Crippen molar-refractivity contribution in [1.82, 2.24) is 4.90 Å². The molecule has 0 atom stereocenters. The Balaban J connectivity index is 2.80. The Hall–Kier alpha value is -1.13. The number of nitrogens with zero attached hydrogens (tertiary/aromatic N) is 2. The first kappa shape index (κ1) is 11.9. The van der Waals surface area contributed by atoms with Crippen LogP contribution in [0.2, 0.25) is 0 Å². The van der Waals surface area contributed by atoms with Gasteiger partial charge in [-0.3, -0.25) is 0 Å². The van der Waals surface area contributed by atoms with Gasteiger partial charge in [0.2, 0.25) is 0 Å². The molecular weight excluding hydrogens is 263 g/mol. The maximum atomic E-state index is 11.3. The molecule has 1 amide bonds. The summed E-state index contributed by atoms with van der Waals surface area (Å²) >= 11 is -0.262. The second-order valence-corrected chi connectivity index (χ2v) is 4.94. The Bertz CT molecular complexity index is 345. The Kier molecular flexibility index (Phi) is 4.05. The standard InChI is InChI=1S/C9H12N2O3Se/c1-3-11(4-2)9-10-8(14)6(15-9)5-7(12)13/h5H,3-4H2,1-2H3,(H,12,13)/b6-5-. The fourth-order valence-corrected chi connectivity index (χ4v) is 3.25. The minimum absolute atomic E-state index is 0.262. The molecule has 0 fully saturated rings. The molecule has 6 heteroatoms. The van der Waals surface area contributed by atoms with Gasteiger partial charge in [0.05, 0.1) is 0 Å². The van der Waals surface area contributed by atoms with Crippen LogP contribution >= 0.6 is 0 Å². The molecule has 0 saturated heterocycles. The number of carbonyl (C=O) groups is 2. The van der Waals surface area contributed by atoms with Gasteiger partial charge in [0, 0.05) is 0 Å². The van der Waals surface area contributed by atoms with E-state index in [1.54, 1.807) is 0 Å². The van der Waals surface area contributed by atoms with Crippen LogP contribution < -0.4 is 0 Å². The van der Waals surface area contributed by atoms with Gasteiger partial charge in [0.15, 0.2) is 0 Å². The normalized spacial score (nSPS) is 18.1. The minimum atomic E-state index is -1.09. The van der Waals surface area contributed by atoms with Crippen LogP contribution in [0.3, 0.4) is 0 Å². The van der Waals surface area contributed by atoms with Crippen molar-refractivity contribution in [2.24, 2.45) is 4.99 Å². The molecule has 0 unspecified atom stereocenters. The number of hydrogen-bond donors (Lipinski definition) is 1. The van der Waals surface area contributed by atoms with Gasteiger partial charge < -0.3 is 0 Å². The summed E-state index contributed by atoms with van der Waals surface area (Å²) in [6.07, 6.45) is 0.961. The fourth-order valence-electron chi connectivity index (χ4n) is 1.14. The van der Waals surface area contributed by atoms with Gasteiger partial charge in [-0.25, -0.2) is 0 Å². The summed E-state index contributed by atoms with van der Waals surface area (Å²) < 4.78 is 1.04. The molecule has 0 saturated carbocycles. The number of amidine groups is 1. The summed E-state index contributed by atoms with van der Waals surface area (Å²) in [6, 6.07) is 0. The number of carbonyl (C=O) groups excluding carboxylic acids is 1. The number of hydrogen-bond acceptors (Lipinski definition) is 3. The van der Waals surface area contributed by atoms with E-state index in [-0.39, 0.29) is 15.0 Å². The number of carboxylic acids is 1. The molecular formula is C9H12N2O3Se. The summed E-state index contributed by atoms with van der Waals surface area (Å²) in [5, 5.41) is 8.55. The van der Waals surface area contributed by atoms with Gasteiger partial charge >= 0.3 is 93.6 Å². The van der Waals surface area contributed by atoms with Gasteiger partial charge in [-0.15, -0.1) is 0 Å². The Labute approximate surface area is 94.0 Å². The summed E-state index contributed by atoms with van der Waals surface area (Å²) in [4.78, 5) is 27.6. The molecule has 15 heavy (non-hydrogen) atoms. The van der Waals surface area contributed by atoms with Crippen LogP contribution in [0.5, 0.6) is 0 Å². The maximum absolute atomic E-state index is 11.3. The molecule has 1 heterocycles. The van der Waals surface area contributed by atoms with Crippen molar-refractivity contribution in [1.29, 1.82) is 0 Å². The summed E-state index contributed by atoms with van der Waals surface area (Å²) in [5.74, 6) is -1.49. The average molecular weight is 275 g/mol. The van der Waals surface area contributed by atoms with Crippen LogP contribution in [0.4, 0.5) is 0 Å². The SMILES string of the molecule is CCN(CC)C1=NC(=O)/C(=C/C(=O)O)[Se]1. The third kappa shape index (κ3) is 2.91. The monoisotopic (exact) mass is 276 g/mol. The first-order chi connectivity index (χ1) is 7.08. The molecule has 82 valence electrons. The molecule has 5 nitrogen and oxygen atoms in total. The summed E-state index contributed by atoms with van der Waals surface area (Å²) in [7, 11) is 0. The van der Waals surface area contributed by atoms with E-state index < -0.39 is 11.9 Å². The van der Waals surface area contributed by atoms with E-state index in [4.69, 9.17) is 5.11 Å². The van der Waals surface area contributed by atoms with Gasteiger partial charge in [-0.1, -0.05) is 0 Å². The van der Waals surface area contributed by atoms with Crippen molar-refractivity contribution in [2.75, 3.05) is 13.1 Å². The van der Waals surface area contributed by atoms with Gasteiger partial charge in [0.1, 0.15) is 0 Å². The molecule has 1 aliphatic heterocycles. The van der Waals surface area contributed by atoms with Gasteiger partial charge in [-0.05, 0) is 0 Å². The molecule has 0 aromatic rings. The molecule has 0 spiro atoms. The van der Waals surface area contributed by atoms with Crippen LogP contribution in [0.25, 0.3) is 0 Å². The summed E-state index contributed by atoms with van der Waals surface area (Å²) in [6.45, 7) is 5.52. The molecule has 0 bridgehead atoms. The Morgan fingerprint density at radius 3 is 2.60 bits per heavy atom. The molecule has 1 aliphatic rings. The van der Waals surface area contributed by atoms with E-state index in [1.165, 1.54) is 0 Å². The molecule has 1 N–H and O–H groups in total. The van der Waals surface area contributed by atoms with Crippen LogP contribution in [0.1, 0.15) is 13.8 Å². The van der Waals surface area contributed by atoms with Crippen LogP contribution in [-0.4, -0.2) is 54.7 Å². The van der Waals surface area contributed by atoms with E-state index in [9.17, 15) is 9.59 Å². The van der Waals surface area contributed by atoms with E-state index in [0.29, 0.717) is 4.47 Å². The predicted molar refractivity (Wildman–Crippen MR) is 56.8 cm³/mol. The topological polar surface area (TPSA) is 70.0 Å². The zero-order valence-corrected chi connectivity index (χ0v) is 10.3. The van der Waals surface area contributed by atoms with E-state index in [0.717, 1.165) is 23.9 Å². The van der Waals surface area contributed by atoms with Crippen LogP contribution in [0, 0.1) is 0 Å². The zero-order chi connectivity index (χ0) is 11.4. The molecule has 0 radical (unpaired) electrons. The van der Waals surface area contributed by atoms with Crippen LogP contribution in [-0.2, 0) is 9.59 Å². The molecule has 0 aromatic carbocycles. The third-order valence-electron chi connectivity index (χ3n) is 1.90. The Morgan fingerprint density at radius 1 is 1.53 bits per heavy atom. The molecule has 1 rings (SSSR count). The van der Waals surface area contributed by atoms with Crippen molar-refractivity contribution in [2.45, 2.75) is 13.8 Å². The molecule has 0 aromatic heterocycles. The average Bonchev–Trinajstić information content (AvgIpc) is 2.49. The quantitative estimate of drug-likeness (QED) is 0.576. The van der Waals surface area contributed by atoms with E-state index in [1.807, 2.05) is 18.7 Å². The van der Waals surface area contributed by atoms with Crippen molar-refractivity contribution in [3.63, 3.8) is 0 Å². The summed E-state index contributed by atoms with van der Waals surface area (Å²) in [5.41, 5.74) is 0. The second-order valence-electron chi connectivity index (χ2n) is 2.82. The van der Waals surface area contributed by atoms with E-state index in [2.05, 4.69) is 4.99 Å². The Morgan fingerprint density at radius 2 is 2.13 bits per heavy atom. The second kappa shape index (κ2) is 5.09. The van der Waals surface area contributed by atoms with E-state index >= 15 is 0 Å². The van der Waals surface area contributed by atoms with Gasteiger partial charge in [0.25, 0.3) is 0 Å². The number of carboxylic acid groups (broad SMARTS) is 1. The van der Waals surface area contributed by atoms with Crippen molar-refractivity contribution < 1.29 is 14.7 Å². The van der Waals surface area contributed by atoms with Crippen molar-refractivity contribution >= 4 is 31.6 Å². The molecule has 0 aliphatic carbocycles.